The molecule has 0 atom stereocenters. The van der Waals surface area contributed by atoms with Crippen LogP contribution in [0.4, 0.5) is 0 Å². The summed E-state index contributed by atoms with van der Waals surface area (Å²) in [6, 6.07) is 18.6. The number of hydrogen-bond donors (Lipinski definition) is 3. The number of hydrazine groups is 1. The van der Waals surface area contributed by atoms with Gasteiger partial charge in [-0.15, -0.1) is 0 Å². The van der Waals surface area contributed by atoms with Crippen molar-refractivity contribution in [1.29, 1.82) is 0 Å². The van der Waals surface area contributed by atoms with Gasteiger partial charge in [0.2, 0.25) is 0 Å². The molecule has 3 N–H and O–H groups in total. The standard InChI is InChI=1S/C21H17Br2N3O4S/c22-14-8-9-18(16(23)10-14)30-11-19(27)24-21(31)26-25-20(28)12-29-17-7-3-5-13-4-1-2-6-15(13)17/h1-10H,11-12H2,(H,25,28)(H2,24,26,27,31). The average Bonchev–Trinajstić information content (AvgIpc) is 2.75. The lowest BCUT2D eigenvalue weighted by molar-refractivity contribution is -0.124. The monoisotopic (exact) mass is 565 g/mol. The lowest BCUT2D eigenvalue weighted by Crippen LogP contribution is -2.50. The zero-order chi connectivity index (χ0) is 22.2. The molecule has 0 radical (unpaired) electrons. The first kappa shape index (κ1) is 23.0. The van der Waals surface area contributed by atoms with Crippen LogP contribution in [-0.4, -0.2) is 30.1 Å². The molecule has 0 aliphatic carbocycles. The number of benzene rings is 3. The number of carbonyl (C=O) groups excluding carboxylic acids is 2. The predicted octanol–water partition coefficient (Wildman–Crippen LogP) is 3.84. The number of ether oxygens (including phenoxy) is 2. The van der Waals surface area contributed by atoms with Crippen LogP contribution in [0.2, 0.25) is 0 Å². The molecule has 0 saturated carbocycles. The summed E-state index contributed by atoms with van der Waals surface area (Å²) >= 11 is 11.7. The van der Waals surface area contributed by atoms with Gasteiger partial charge in [-0.05, 0) is 57.8 Å². The molecular formula is C21H17Br2N3O4S. The van der Waals surface area contributed by atoms with E-state index in [9.17, 15) is 9.59 Å². The number of thiocarbonyl (C=S) groups is 1. The van der Waals surface area contributed by atoms with E-state index in [0.29, 0.717) is 16.0 Å². The van der Waals surface area contributed by atoms with Crippen molar-refractivity contribution in [3.8, 4) is 11.5 Å². The molecule has 0 aromatic heterocycles. The van der Waals surface area contributed by atoms with Gasteiger partial charge in [-0.3, -0.25) is 25.8 Å². The molecule has 7 nitrogen and oxygen atoms in total. The third kappa shape index (κ3) is 6.91. The van der Waals surface area contributed by atoms with Crippen LogP contribution < -0.4 is 25.6 Å². The molecule has 0 heterocycles. The topological polar surface area (TPSA) is 88.7 Å². The maximum absolute atomic E-state index is 12.0. The van der Waals surface area contributed by atoms with Crippen molar-refractivity contribution in [3.05, 3.63) is 69.6 Å². The second-order valence-corrected chi connectivity index (χ2v) is 8.36. The van der Waals surface area contributed by atoms with Crippen molar-refractivity contribution in [2.24, 2.45) is 0 Å². The van der Waals surface area contributed by atoms with E-state index in [0.717, 1.165) is 15.2 Å². The summed E-state index contributed by atoms with van der Waals surface area (Å²) in [4.78, 5) is 24.0. The highest BCUT2D eigenvalue weighted by Gasteiger charge is 2.10. The fourth-order valence-corrected chi connectivity index (χ4v) is 3.88. The van der Waals surface area contributed by atoms with Gasteiger partial charge in [0.1, 0.15) is 11.5 Å². The lowest BCUT2D eigenvalue weighted by atomic mass is 10.1. The lowest BCUT2D eigenvalue weighted by Gasteiger charge is -2.13. The summed E-state index contributed by atoms with van der Waals surface area (Å²) in [5, 5.41) is 4.27. The molecule has 0 spiro atoms. The molecule has 0 aliphatic rings. The first-order chi connectivity index (χ1) is 14.9. The Kier molecular flexibility index (Phi) is 8.21. The molecule has 0 fully saturated rings. The second-order valence-electron chi connectivity index (χ2n) is 6.18. The minimum atomic E-state index is -0.478. The molecule has 31 heavy (non-hydrogen) atoms. The van der Waals surface area contributed by atoms with E-state index in [1.807, 2.05) is 36.4 Å². The van der Waals surface area contributed by atoms with Crippen molar-refractivity contribution in [3.63, 3.8) is 0 Å². The summed E-state index contributed by atoms with van der Waals surface area (Å²) in [6.07, 6.45) is 0. The zero-order valence-corrected chi connectivity index (χ0v) is 20.0. The van der Waals surface area contributed by atoms with Gasteiger partial charge in [0.25, 0.3) is 11.8 Å². The number of amides is 2. The Bertz CT molecular complexity index is 1120. The number of halogens is 2. The van der Waals surface area contributed by atoms with E-state index in [4.69, 9.17) is 21.7 Å². The largest absolute Gasteiger partial charge is 0.483 e. The van der Waals surface area contributed by atoms with Crippen LogP contribution in [0.5, 0.6) is 11.5 Å². The van der Waals surface area contributed by atoms with Crippen LogP contribution in [0.1, 0.15) is 0 Å². The molecular weight excluding hydrogens is 550 g/mol. The SMILES string of the molecule is O=C(COc1cccc2ccccc12)NNC(=S)NC(=O)COc1ccc(Br)cc1Br. The normalized spacial score (nSPS) is 10.3. The molecule has 3 aromatic carbocycles. The first-order valence-electron chi connectivity index (χ1n) is 8.99. The summed E-state index contributed by atoms with van der Waals surface area (Å²) in [5.41, 5.74) is 4.82. The number of carbonyl (C=O) groups is 2. The van der Waals surface area contributed by atoms with Crippen LogP contribution in [0.15, 0.2) is 69.6 Å². The van der Waals surface area contributed by atoms with Gasteiger partial charge in [0, 0.05) is 9.86 Å². The van der Waals surface area contributed by atoms with Gasteiger partial charge in [0.05, 0.1) is 4.47 Å². The van der Waals surface area contributed by atoms with Crippen LogP contribution in [0.25, 0.3) is 10.8 Å². The first-order valence-corrected chi connectivity index (χ1v) is 11.0. The fourth-order valence-electron chi connectivity index (χ4n) is 2.56. The predicted molar refractivity (Wildman–Crippen MR) is 129 cm³/mol. The minimum absolute atomic E-state index is 0.0676. The highest BCUT2D eigenvalue weighted by molar-refractivity contribution is 9.11. The Balaban J connectivity index is 1.39. The van der Waals surface area contributed by atoms with Crippen LogP contribution >= 0.6 is 44.1 Å². The Morgan fingerprint density at radius 2 is 1.55 bits per heavy atom. The van der Waals surface area contributed by atoms with Crippen LogP contribution in [0.3, 0.4) is 0 Å². The quantitative estimate of drug-likeness (QED) is 0.310. The van der Waals surface area contributed by atoms with Crippen molar-refractivity contribution < 1.29 is 19.1 Å². The molecule has 2 amide bonds. The Hall–Kier alpha value is -2.69. The number of nitrogens with one attached hydrogen (secondary N) is 3. The maximum atomic E-state index is 12.0. The van der Waals surface area contributed by atoms with E-state index in [1.54, 1.807) is 24.3 Å². The number of fused-ring (bicyclic) bond motifs is 1. The van der Waals surface area contributed by atoms with Gasteiger partial charge in [-0.1, -0.05) is 52.3 Å². The zero-order valence-electron chi connectivity index (χ0n) is 16.0. The summed E-state index contributed by atoms with van der Waals surface area (Å²) in [7, 11) is 0. The number of rotatable bonds is 6. The third-order valence-corrected chi connectivity index (χ3v) is 5.25. The average molecular weight is 567 g/mol. The highest BCUT2D eigenvalue weighted by atomic mass is 79.9. The Labute approximate surface area is 200 Å². The van der Waals surface area contributed by atoms with Crippen molar-refractivity contribution in [2.75, 3.05) is 13.2 Å². The minimum Gasteiger partial charge on any atom is -0.483 e. The van der Waals surface area contributed by atoms with Crippen molar-refractivity contribution >= 4 is 71.8 Å². The van der Waals surface area contributed by atoms with Gasteiger partial charge >= 0.3 is 0 Å². The van der Waals surface area contributed by atoms with Gasteiger partial charge in [-0.25, -0.2) is 0 Å². The number of hydrogen-bond acceptors (Lipinski definition) is 5. The van der Waals surface area contributed by atoms with Crippen LogP contribution in [-0.2, 0) is 9.59 Å². The molecule has 10 heteroatoms. The third-order valence-electron chi connectivity index (χ3n) is 3.93. The van der Waals surface area contributed by atoms with E-state index >= 15 is 0 Å². The summed E-state index contributed by atoms with van der Waals surface area (Å²) in [5.74, 6) is 0.171. The maximum Gasteiger partial charge on any atom is 0.276 e. The molecule has 3 rings (SSSR count). The second kappa shape index (κ2) is 11.1. The van der Waals surface area contributed by atoms with E-state index < -0.39 is 11.8 Å². The Morgan fingerprint density at radius 1 is 0.839 bits per heavy atom. The van der Waals surface area contributed by atoms with Crippen molar-refractivity contribution in [1.82, 2.24) is 16.2 Å². The summed E-state index contributed by atoms with van der Waals surface area (Å²) < 4.78 is 12.6. The van der Waals surface area contributed by atoms with E-state index in [1.165, 1.54) is 0 Å². The fraction of sp³-hybridized carbons (Fsp3) is 0.0952. The van der Waals surface area contributed by atoms with E-state index in [-0.39, 0.29) is 18.3 Å². The molecule has 3 aromatic rings. The van der Waals surface area contributed by atoms with Crippen LogP contribution in [0, 0.1) is 0 Å². The Morgan fingerprint density at radius 3 is 2.35 bits per heavy atom. The molecule has 0 unspecified atom stereocenters. The molecule has 0 bridgehead atoms. The highest BCUT2D eigenvalue weighted by Crippen LogP contribution is 2.28. The van der Waals surface area contributed by atoms with Gasteiger partial charge in [-0.2, -0.15) is 0 Å². The molecule has 160 valence electrons. The molecule has 0 saturated heterocycles. The van der Waals surface area contributed by atoms with Crippen molar-refractivity contribution in [2.45, 2.75) is 0 Å². The smallest absolute Gasteiger partial charge is 0.276 e. The molecule has 0 aliphatic heterocycles. The van der Waals surface area contributed by atoms with E-state index in [2.05, 4.69) is 48.0 Å². The summed E-state index contributed by atoms with van der Waals surface area (Å²) in [6.45, 7) is -0.474. The van der Waals surface area contributed by atoms with Gasteiger partial charge in [0.15, 0.2) is 18.3 Å². The van der Waals surface area contributed by atoms with Gasteiger partial charge < -0.3 is 9.47 Å².